The van der Waals surface area contributed by atoms with E-state index in [9.17, 15) is 18.0 Å². The van der Waals surface area contributed by atoms with E-state index in [4.69, 9.17) is 9.47 Å². The number of carbonyl (C=O) groups excluding carboxylic acids is 2. The number of aryl methyl sites for hydroxylation is 1. The van der Waals surface area contributed by atoms with Crippen LogP contribution in [0.4, 0.5) is 11.4 Å². The van der Waals surface area contributed by atoms with Crippen LogP contribution in [0.5, 0.6) is 11.5 Å². The van der Waals surface area contributed by atoms with Crippen molar-refractivity contribution in [1.82, 2.24) is 5.43 Å². The Morgan fingerprint density at radius 2 is 1.61 bits per heavy atom. The van der Waals surface area contributed by atoms with Crippen molar-refractivity contribution in [3.05, 3.63) is 83.4 Å². The largest absolute Gasteiger partial charge is 0.497 e. The van der Waals surface area contributed by atoms with Crippen LogP contribution >= 0.6 is 0 Å². The van der Waals surface area contributed by atoms with Crippen LogP contribution in [0.1, 0.15) is 16.7 Å². The SMILES string of the molecule is COc1ccc(NC(=O)COc2ccc(/C=N\NC(=O)CN(c3cccc(C)c3C)S(C)(=O)=O)cc2)cc1. The average Bonchev–Trinajstić information content (AvgIpc) is 2.88. The number of sulfonamides is 1. The maximum atomic E-state index is 12.4. The van der Waals surface area contributed by atoms with Gasteiger partial charge in [0, 0.05) is 5.69 Å². The van der Waals surface area contributed by atoms with Crippen LogP contribution in [-0.4, -0.2) is 53.0 Å². The summed E-state index contributed by atoms with van der Waals surface area (Å²) in [4.78, 5) is 24.5. The Bertz CT molecular complexity index is 1400. The molecule has 11 heteroatoms. The summed E-state index contributed by atoms with van der Waals surface area (Å²) in [5, 5.41) is 6.64. The normalized spacial score (nSPS) is 11.2. The molecule has 0 bridgehead atoms. The van der Waals surface area contributed by atoms with Gasteiger partial charge in [-0.25, -0.2) is 13.8 Å². The molecule has 0 fully saturated rings. The minimum Gasteiger partial charge on any atom is -0.497 e. The molecular formula is C27H30N4O6S. The van der Waals surface area contributed by atoms with E-state index >= 15 is 0 Å². The number of anilines is 2. The number of hydrogen-bond acceptors (Lipinski definition) is 7. The summed E-state index contributed by atoms with van der Waals surface area (Å²) in [7, 11) is -2.13. The molecule has 0 aromatic heterocycles. The predicted molar refractivity (Wildman–Crippen MR) is 147 cm³/mol. The fraction of sp³-hybridized carbons (Fsp3) is 0.222. The number of ether oxygens (including phenoxy) is 2. The van der Waals surface area contributed by atoms with Crippen molar-refractivity contribution in [2.24, 2.45) is 5.10 Å². The van der Waals surface area contributed by atoms with E-state index in [1.165, 1.54) is 6.21 Å². The van der Waals surface area contributed by atoms with Crippen molar-refractivity contribution < 1.29 is 27.5 Å². The lowest BCUT2D eigenvalue weighted by molar-refractivity contribution is -0.119. The number of rotatable bonds is 11. The van der Waals surface area contributed by atoms with E-state index in [2.05, 4.69) is 15.8 Å². The fourth-order valence-corrected chi connectivity index (χ4v) is 4.31. The van der Waals surface area contributed by atoms with E-state index in [0.29, 0.717) is 28.4 Å². The molecule has 38 heavy (non-hydrogen) atoms. The highest BCUT2D eigenvalue weighted by molar-refractivity contribution is 7.92. The van der Waals surface area contributed by atoms with Crippen LogP contribution in [-0.2, 0) is 19.6 Å². The van der Waals surface area contributed by atoms with E-state index in [1.54, 1.807) is 74.7 Å². The predicted octanol–water partition coefficient (Wildman–Crippen LogP) is 3.25. The van der Waals surface area contributed by atoms with Crippen molar-refractivity contribution in [3.8, 4) is 11.5 Å². The Morgan fingerprint density at radius 1 is 0.947 bits per heavy atom. The third-order valence-corrected chi connectivity index (χ3v) is 6.69. The number of carbonyl (C=O) groups is 2. The first-order valence-electron chi connectivity index (χ1n) is 11.6. The summed E-state index contributed by atoms with van der Waals surface area (Å²) in [5.74, 6) is 0.270. The maximum absolute atomic E-state index is 12.4. The van der Waals surface area contributed by atoms with Crippen LogP contribution in [0, 0.1) is 13.8 Å². The van der Waals surface area contributed by atoms with Gasteiger partial charge in [0.15, 0.2) is 6.61 Å². The fourth-order valence-electron chi connectivity index (χ4n) is 3.40. The Hall–Kier alpha value is -4.38. The van der Waals surface area contributed by atoms with Crippen molar-refractivity contribution >= 4 is 39.4 Å². The Kier molecular flexibility index (Phi) is 9.44. The lowest BCUT2D eigenvalue weighted by atomic mass is 10.1. The third-order valence-electron chi connectivity index (χ3n) is 5.56. The highest BCUT2D eigenvalue weighted by Gasteiger charge is 2.22. The van der Waals surface area contributed by atoms with Gasteiger partial charge in [0.1, 0.15) is 18.0 Å². The minimum atomic E-state index is -3.69. The second-order valence-corrected chi connectivity index (χ2v) is 10.3. The second kappa shape index (κ2) is 12.7. The molecule has 0 unspecified atom stereocenters. The van der Waals surface area contributed by atoms with Crippen LogP contribution < -0.4 is 24.5 Å². The topological polar surface area (TPSA) is 126 Å². The van der Waals surface area contributed by atoms with Gasteiger partial charge in [-0.3, -0.25) is 13.9 Å². The summed E-state index contributed by atoms with van der Waals surface area (Å²) in [6.07, 6.45) is 2.47. The quantitative estimate of drug-likeness (QED) is 0.285. The van der Waals surface area contributed by atoms with Gasteiger partial charge in [0.25, 0.3) is 11.8 Å². The first-order valence-corrected chi connectivity index (χ1v) is 13.4. The molecule has 0 spiro atoms. The smallest absolute Gasteiger partial charge is 0.262 e. The Balaban J connectivity index is 1.50. The lowest BCUT2D eigenvalue weighted by Crippen LogP contribution is -2.39. The second-order valence-electron chi connectivity index (χ2n) is 8.42. The summed E-state index contributed by atoms with van der Waals surface area (Å²) < 4.78 is 36.3. The number of benzene rings is 3. The zero-order valence-corrected chi connectivity index (χ0v) is 22.4. The molecule has 0 heterocycles. The molecule has 0 aliphatic carbocycles. The summed E-state index contributed by atoms with van der Waals surface area (Å²) in [6.45, 7) is 3.09. The van der Waals surface area contributed by atoms with E-state index in [-0.39, 0.29) is 12.5 Å². The van der Waals surface area contributed by atoms with E-state index in [0.717, 1.165) is 21.7 Å². The van der Waals surface area contributed by atoms with Gasteiger partial charge in [0.2, 0.25) is 10.0 Å². The van der Waals surface area contributed by atoms with Gasteiger partial charge >= 0.3 is 0 Å². The lowest BCUT2D eigenvalue weighted by Gasteiger charge is -2.23. The highest BCUT2D eigenvalue weighted by atomic mass is 32.2. The van der Waals surface area contributed by atoms with Gasteiger partial charge in [-0.2, -0.15) is 5.10 Å². The molecule has 2 N–H and O–H groups in total. The summed E-state index contributed by atoms with van der Waals surface area (Å²) in [5.41, 5.74) is 5.78. The van der Waals surface area contributed by atoms with Gasteiger partial charge < -0.3 is 14.8 Å². The number of nitrogens with one attached hydrogen (secondary N) is 2. The molecule has 2 amide bonds. The van der Waals surface area contributed by atoms with Crippen molar-refractivity contribution in [1.29, 1.82) is 0 Å². The molecule has 0 radical (unpaired) electrons. The van der Waals surface area contributed by atoms with Crippen molar-refractivity contribution in [2.45, 2.75) is 13.8 Å². The number of nitrogens with zero attached hydrogens (tertiary/aromatic N) is 2. The van der Waals surface area contributed by atoms with Crippen LogP contribution in [0.25, 0.3) is 0 Å². The first-order chi connectivity index (χ1) is 18.1. The standard InChI is InChI=1S/C27H30N4O6S/c1-19-6-5-7-25(20(19)2)31(38(4,34)35)17-26(32)30-28-16-21-8-12-24(13-9-21)37-18-27(33)29-22-10-14-23(36-3)15-11-22/h5-16H,17-18H2,1-4H3,(H,29,33)(H,30,32)/b28-16-. The first kappa shape index (κ1) is 28.2. The zero-order valence-electron chi connectivity index (χ0n) is 21.6. The number of hydrogen-bond donors (Lipinski definition) is 2. The van der Waals surface area contributed by atoms with Gasteiger partial charge in [-0.15, -0.1) is 0 Å². The van der Waals surface area contributed by atoms with Gasteiger partial charge in [-0.05, 0) is 85.1 Å². The summed E-state index contributed by atoms with van der Waals surface area (Å²) in [6, 6.07) is 18.9. The van der Waals surface area contributed by atoms with Crippen molar-refractivity contribution in [2.75, 3.05) is 36.1 Å². The van der Waals surface area contributed by atoms with Crippen molar-refractivity contribution in [3.63, 3.8) is 0 Å². The molecule has 3 rings (SSSR count). The average molecular weight is 539 g/mol. The monoisotopic (exact) mass is 538 g/mol. The third kappa shape index (κ3) is 8.07. The summed E-state index contributed by atoms with van der Waals surface area (Å²) >= 11 is 0. The molecule has 0 saturated heterocycles. The van der Waals surface area contributed by atoms with Crippen LogP contribution in [0.3, 0.4) is 0 Å². The molecule has 0 saturated carbocycles. The van der Waals surface area contributed by atoms with Gasteiger partial charge in [0.05, 0.1) is 25.3 Å². The molecule has 0 atom stereocenters. The molecule has 200 valence electrons. The minimum absolute atomic E-state index is 0.174. The molecule has 3 aromatic rings. The molecule has 0 aliphatic heterocycles. The zero-order chi connectivity index (χ0) is 27.7. The maximum Gasteiger partial charge on any atom is 0.262 e. The molecule has 3 aromatic carbocycles. The van der Waals surface area contributed by atoms with Crippen LogP contribution in [0.15, 0.2) is 71.8 Å². The van der Waals surface area contributed by atoms with E-state index in [1.807, 2.05) is 13.0 Å². The number of methoxy groups -OCH3 is 1. The molecule has 10 nitrogen and oxygen atoms in total. The number of amides is 2. The Morgan fingerprint density at radius 3 is 2.24 bits per heavy atom. The van der Waals surface area contributed by atoms with E-state index < -0.39 is 22.5 Å². The number of hydrazone groups is 1. The van der Waals surface area contributed by atoms with Crippen LogP contribution in [0.2, 0.25) is 0 Å². The molecular weight excluding hydrogens is 508 g/mol. The highest BCUT2D eigenvalue weighted by Crippen LogP contribution is 2.24. The molecule has 0 aliphatic rings. The Labute approximate surface area is 222 Å². The van der Waals surface area contributed by atoms with Gasteiger partial charge in [-0.1, -0.05) is 12.1 Å².